The minimum atomic E-state index is -0.495. The topological polar surface area (TPSA) is 72.9 Å². The zero-order valence-electron chi connectivity index (χ0n) is 15.4. The Kier molecular flexibility index (Phi) is 5.54. The third kappa shape index (κ3) is 3.56. The van der Waals surface area contributed by atoms with Crippen molar-refractivity contribution < 1.29 is 23.9 Å². The molecule has 1 aliphatic rings. The average Bonchev–Trinajstić information content (AvgIpc) is 2.95. The Morgan fingerprint density at radius 1 is 1.00 bits per heavy atom. The summed E-state index contributed by atoms with van der Waals surface area (Å²) < 4.78 is 10.5. The maximum Gasteiger partial charge on any atom is 0.338 e. The zero-order valence-corrected chi connectivity index (χ0v) is 15.4. The number of benzene rings is 2. The molecule has 0 spiro atoms. The molecule has 0 radical (unpaired) electrons. The van der Waals surface area contributed by atoms with E-state index < -0.39 is 17.8 Å². The van der Waals surface area contributed by atoms with Crippen molar-refractivity contribution in [2.24, 2.45) is 0 Å². The molecule has 2 aromatic rings. The summed E-state index contributed by atoms with van der Waals surface area (Å²) in [6.45, 7) is 2.41. The molecule has 140 valence electrons. The number of carbonyl (C=O) groups is 3. The fourth-order valence-corrected chi connectivity index (χ4v) is 3.00. The van der Waals surface area contributed by atoms with E-state index >= 15 is 0 Å². The molecule has 0 N–H and O–H groups in total. The number of para-hydroxylation sites is 2. The molecule has 0 unspecified atom stereocenters. The van der Waals surface area contributed by atoms with Gasteiger partial charge in [0.25, 0.3) is 11.8 Å². The van der Waals surface area contributed by atoms with Gasteiger partial charge in [-0.05, 0) is 36.8 Å². The zero-order chi connectivity index (χ0) is 19.4. The first kappa shape index (κ1) is 18.6. The van der Waals surface area contributed by atoms with Crippen LogP contribution < -0.4 is 9.64 Å². The predicted molar refractivity (Wildman–Crippen MR) is 100 cm³/mol. The lowest BCUT2D eigenvalue weighted by molar-refractivity contribution is 0.0498. The molecule has 0 saturated carbocycles. The molecular formula is C21H21NO5. The molecular weight excluding hydrogens is 346 g/mol. The van der Waals surface area contributed by atoms with Crippen LogP contribution in [0.15, 0.2) is 42.5 Å². The summed E-state index contributed by atoms with van der Waals surface area (Å²) in [6.07, 6.45) is 2.82. The number of anilines is 1. The van der Waals surface area contributed by atoms with Crippen LogP contribution in [0.5, 0.6) is 5.75 Å². The number of methoxy groups -OCH3 is 1. The lowest BCUT2D eigenvalue weighted by atomic mass is 10.1. The van der Waals surface area contributed by atoms with E-state index in [1.807, 2.05) is 0 Å². The Hall–Kier alpha value is -3.15. The van der Waals surface area contributed by atoms with Gasteiger partial charge in [0.15, 0.2) is 0 Å². The van der Waals surface area contributed by atoms with Crippen molar-refractivity contribution in [1.82, 2.24) is 0 Å². The van der Waals surface area contributed by atoms with Crippen molar-refractivity contribution in [3.8, 4) is 5.75 Å². The van der Waals surface area contributed by atoms with Crippen molar-refractivity contribution in [3.63, 3.8) is 0 Å². The summed E-state index contributed by atoms with van der Waals surface area (Å²) in [5, 5.41) is 0. The van der Waals surface area contributed by atoms with E-state index in [2.05, 4.69) is 6.92 Å². The second-order valence-corrected chi connectivity index (χ2v) is 6.22. The smallest absolute Gasteiger partial charge is 0.338 e. The standard InChI is InChI=1S/C21H21NO5/c1-3-4-7-12-27-21(25)14-10-11-15-16(13-14)20(24)22(19(15)23)17-8-5-6-9-18(17)26-2/h5-6,8-11,13H,3-4,7,12H2,1-2H3. The molecule has 0 atom stereocenters. The summed E-state index contributed by atoms with van der Waals surface area (Å²) in [4.78, 5) is 38.8. The SMILES string of the molecule is CCCCCOC(=O)c1ccc2c(c1)C(=O)N(c1ccccc1OC)C2=O. The number of nitrogens with zero attached hydrogens (tertiary/aromatic N) is 1. The third-order valence-electron chi connectivity index (χ3n) is 4.43. The van der Waals surface area contributed by atoms with Crippen LogP contribution >= 0.6 is 0 Å². The lowest BCUT2D eigenvalue weighted by Gasteiger charge is -2.16. The van der Waals surface area contributed by atoms with Crippen LogP contribution in [0.1, 0.15) is 57.3 Å². The van der Waals surface area contributed by atoms with E-state index in [0.717, 1.165) is 24.2 Å². The van der Waals surface area contributed by atoms with Gasteiger partial charge in [-0.25, -0.2) is 9.69 Å². The van der Waals surface area contributed by atoms with E-state index in [0.29, 0.717) is 18.0 Å². The highest BCUT2D eigenvalue weighted by atomic mass is 16.5. The Morgan fingerprint density at radius 3 is 2.48 bits per heavy atom. The second-order valence-electron chi connectivity index (χ2n) is 6.22. The highest BCUT2D eigenvalue weighted by molar-refractivity contribution is 6.35. The summed E-state index contributed by atoms with van der Waals surface area (Å²) in [5.41, 5.74) is 1.07. The van der Waals surface area contributed by atoms with Gasteiger partial charge < -0.3 is 9.47 Å². The van der Waals surface area contributed by atoms with Crippen LogP contribution in [-0.4, -0.2) is 31.5 Å². The Balaban J connectivity index is 1.85. The number of hydrogen-bond donors (Lipinski definition) is 0. The molecule has 1 heterocycles. The van der Waals surface area contributed by atoms with Crippen molar-refractivity contribution in [2.45, 2.75) is 26.2 Å². The molecule has 1 aliphatic heterocycles. The fraction of sp³-hybridized carbons (Fsp3) is 0.286. The number of ether oxygens (including phenoxy) is 2. The Morgan fingerprint density at radius 2 is 1.74 bits per heavy atom. The van der Waals surface area contributed by atoms with Crippen LogP contribution in [0, 0.1) is 0 Å². The van der Waals surface area contributed by atoms with E-state index in [4.69, 9.17) is 9.47 Å². The molecule has 0 bridgehead atoms. The number of hydrogen-bond acceptors (Lipinski definition) is 5. The monoisotopic (exact) mass is 367 g/mol. The Labute approximate surface area is 157 Å². The maximum absolute atomic E-state index is 12.8. The number of esters is 1. The normalized spacial score (nSPS) is 12.9. The second kappa shape index (κ2) is 8.03. The molecule has 0 fully saturated rings. The van der Waals surface area contributed by atoms with Crippen molar-refractivity contribution in [2.75, 3.05) is 18.6 Å². The largest absolute Gasteiger partial charge is 0.495 e. The summed E-state index contributed by atoms with van der Waals surface area (Å²) in [6, 6.07) is 11.2. The number of carbonyl (C=O) groups excluding carboxylic acids is 3. The summed E-state index contributed by atoms with van der Waals surface area (Å²) >= 11 is 0. The Bertz CT molecular complexity index is 890. The van der Waals surface area contributed by atoms with Gasteiger partial charge in [-0.15, -0.1) is 0 Å². The van der Waals surface area contributed by atoms with Gasteiger partial charge in [0.2, 0.25) is 0 Å². The number of amides is 2. The molecule has 6 nitrogen and oxygen atoms in total. The molecule has 27 heavy (non-hydrogen) atoms. The molecule has 0 aromatic heterocycles. The number of fused-ring (bicyclic) bond motifs is 1. The van der Waals surface area contributed by atoms with Gasteiger partial charge in [-0.2, -0.15) is 0 Å². The van der Waals surface area contributed by atoms with Gasteiger partial charge in [0.1, 0.15) is 5.75 Å². The summed E-state index contributed by atoms with van der Waals surface area (Å²) in [7, 11) is 1.48. The minimum absolute atomic E-state index is 0.189. The summed E-state index contributed by atoms with van der Waals surface area (Å²) in [5.74, 6) is -1.00. The van der Waals surface area contributed by atoms with E-state index in [-0.39, 0.29) is 16.7 Å². The predicted octanol–water partition coefficient (Wildman–Crippen LogP) is 3.84. The van der Waals surface area contributed by atoms with Crippen LogP contribution in [0.2, 0.25) is 0 Å². The van der Waals surface area contributed by atoms with Crippen LogP contribution in [0.25, 0.3) is 0 Å². The van der Waals surface area contributed by atoms with Gasteiger partial charge in [0.05, 0.1) is 36.1 Å². The quantitative estimate of drug-likeness (QED) is 0.422. The fourth-order valence-electron chi connectivity index (χ4n) is 3.00. The van der Waals surface area contributed by atoms with Crippen molar-refractivity contribution >= 4 is 23.5 Å². The van der Waals surface area contributed by atoms with Gasteiger partial charge in [-0.1, -0.05) is 31.9 Å². The molecule has 0 aliphatic carbocycles. The van der Waals surface area contributed by atoms with Gasteiger partial charge >= 0.3 is 5.97 Å². The number of imide groups is 1. The number of rotatable bonds is 7. The average molecular weight is 367 g/mol. The van der Waals surface area contributed by atoms with E-state index in [1.54, 1.807) is 24.3 Å². The van der Waals surface area contributed by atoms with Crippen molar-refractivity contribution in [3.05, 3.63) is 59.2 Å². The van der Waals surface area contributed by atoms with Crippen LogP contribution in [0.4, 0.5) is 5.69 Å². The van der Waals surface area contributed by atoms with Gasteiger partial charge in [-0.3, -0.25) is 9.59 Å². The first-order chi connectivity index (χ1) is 13.1. The molecule has 2 amide bonds. The first-order valence-corrected chi connectivity index (χ1v) is 8.91. The highest BCUT2D eigenvalue weighted by Gasteiger charge is 2.38. The van der Waals surface area contributed by atoms with Crippen LogP contribution in [0.3, 0.4) is 0 Å². The van der Waals surface area contributed by atoms with Crippen molar-refractivity contribution in [1.29, 1.82) is 0 Å². The van der Waals surface area contributed by atoms with E-state index in [1.165, 1.54) is 25.3 Å². The van der Waals surface area contributed by atoms with Crippen LogP contribution in [-0.2, 0) is 4.74 Å². The first-order valence-electron chi connectivity index (χ1n) is 8.91. The molecule has 0 saturated heterocycles. The molecule has 3 rings (SSSR count). The number of unbranched alkanes of at least 4 members (excludes halogenated alkanes) is 2. The van der Waals surface area contributed by atoms with E-state index in [9.17, 15) is 14.4 Å². The molecule has 2 aromatic carbocycles. The third-order valence-corrected chi connectivity index (χ3v) is 4.43. The maximum atomic E-state index is 12.8. The lowest BCUT2D eigenvalue weighted by Crippen LogP contribution is -2.29. The minimum Gasteiger partial charge on any atom is -0.495 e. The molecule has 6 heteroatoms. The van der Waals surface area contributed by atoms with Gasteiger partial charge in [0, 0.05) is 0 Å². The highest BCUT2D eigenvalue weighted by Crippen LogP contribution is 2.34.